The lowest BCUT2D eigenvalue weighted by atomic mass is 9.96. The first kappa shape index (κ1) is 25.1. The summed E-state index contributed by atoms with van der Waals surface area (Å²) in [5.74, 6) is -3.01. The third kappa shape index (κ3) is 6.94. The van der Waals surface area contributed by atoms with Gasteiger partial charge in [0.25, 0.3) is 0 Å². The maximum atomic E-state index is 12.6. The Morgan fingerprint density at radius 3 is 2.12 bits per heavy atom. The summed E-state index contributed by atoms with van der Waals surface area (Å²) >= 11 is 3.25. The fraction of sp³-hybridized carbons (Fsp3) is 0.474. The van der Waals surface area contributed by atoms with E-state index in [9.17, 15) is 19.2 Å². The Bertz CT molecular complexity index is 917. The number of nitrogens with zero attached hydrogens (tertiary/aromatic N) is 3. The first-order valence-electron chi connectivity index (χ1n) is 9.26. The average Bonchev–Trinajstić information content (AvgIpc) is 2.70. The molecule has 0 aliphatic carbocycles. The van der Waals surface area contributed by atoms with Crippen LogP contribution in [0.2, 0.25) is 0 Å². The first-order valence-corrected chi connectivity index (χ1v) is 10.1. The summed E-state index contributed by atoms with van der Waals surface area (Å²) in [6.45, 7) is 2.94. The van der Waals surface area contributed by atoms with Gasteiger partial charge < -0.3 is 23.7 Å². The van der Waals surface area contributed by atoms with Crippen LogP contribution in [-0.2, 0) is 38.1 Å². The SMILES string of the molecule is CC(=O)OC[C@H]1O[C@H](OC(=O)c2ccc(Br)cc2)[C@H](N=[N+]=[N-])[C@@H](OC(C)=O)[C@@H]1OC(C)=O. The molecular formula is C19H20BrN3O9. The minimum atomic E-state index is -1.54. The Morgan fingerprint density at radius 2 is 1.59 bits per heavy atom. The molecule has 5 atom stereocenters. The molecule has 0 radical (unpaired) electrons. The summed E-state index contributed by atoms with van der Waals surface area (Å²) in [7, 11) is 0. The Hall–Kier alpha value is -3.15. The van der Waals surface area contributed by atoms with Crippen LogP contribution < -0.4 is 0 Å². The van der Waals surface area contributed by atoms with Gasteiger partial charge in [0.1, 0.15) is 18.8 Å². The molecule has 1 aromatic carbocycles. The summed E-state index contributed by atoms with van der Waals surface area (Å²) in [5.41, 5.74) is 9.19. The van der Waals surface area contributed by atoms with E-state index in [0.29, 0.717) is 0 Å². The fourth-order valence-electron chi connectivity index (χ4n) is 2.92. The van der Waals surface area contributed by atoms with E-state index < -0.39 is 61.1 Å². The summed E-state index contributed by atoms with van der Waals surface area (Å²) < 4.78 is 27.2. The van der Waals surface area contributed by atoms with Crippen molar-refractivity contribution < 1.29 is 42.9 Å². The predicted octanol–water partition coefficient (Wildman–Crippen LogP) is 2.44. The van der Waals surface area contributed by atoms with Gasteiger partial charge in [-0.1, -0.05) is 21.0 Å². The fourth-order valence-corrected chi connectivity index (χ4v) is 3.19. The van der Waals surface area contributed by atoms with Gasteiger partial charge in [-0.15, -0.1) is 0 Å². The average molecular weight is 514 g/mol. The van der Waals surface area contributed by atoms with Gasteiger partial charge >= 0.3 is 23.9 Å². The van der Waals surface area contributed by atoms with Gasteiger partial charge in [-0.05, 0) is 29.8 Å². The number of azide groups is 1. The van der Waals surface area contributed by atoms with Crippen molar-refractivity contribution >= 4 is 39.8 Å². The zero-order valence-corrected chi connectivity index (χ0v) is 18.9. The molecule has 0 bridgehead atoms. The second-order valence-corrected chi connectivity index (χ2v) is 7.52. The van der Waals surface area contributed by atoms with Crippen LogP contribution in [-0.4, -0.2) is 61.1 Å². The Balaban J connectivity index is 2.40. The van der Waals surface area contributed by atoms with Gasteiger partial charge in [0.2, 0.25) is 6.29 Å². The number of ether oxygens (including phenoxy) is 5. The molecule has 1 aliphatic rings. The standard InChI is InChI=1S/C19H20BrN3O9/c1-9(24)28-8-14-16(29-10(2)25)17(30-11(3)26)15(22-23-21)19(31-14)32-18(27)12-4-6-13(20)7-5-12/h4-7,14-17,19H,8H2,1-3H3/t14-,15-,16-,17-,19-/m1/s1. The lowest BCUT2D eigenvalue weighted by molar-refractivity contribution is -0.259. The maximum Gasteiger partial charge on any atom is 0.340 e. The molecule has 0 unspecified atom stereocenters. The van der Waals surface area contributed by atoms with Crippen LogP contribution in [0.25, 0.3) is 10.4 Å². The van der Waals surface area contributed by atoms with E-state index in [1.807, 2.05) is 0 Å². The number of benzene rings is 1. The van der Waals surface area contributed by atoms with Crippen molar-refractivity contribution in [2.45, 2.75) is 51.4 Å². The molecule has 1 aliphatic heterocycles. The number of esters is 4. The highest BCUT2D eigenvalue weighted by Gasteiger charge is 2.51. The van der Waals surface area contributed by atoms with Crippen LogP contribution in [0.5, 0.6) is 0 Å². The van der Waals surface area contributed by atoms with Gasteiger partial charge in [0.15, 0.2) is 12.2 Å². The number of rotatable bonds is 7. The van der Waals surface area contributed by atoms with Gasteiger partial charge in [-0.25, -0.2) is 4.79 Å². The van der Waals surface area contributed by atoms with E-state index in [4.69, 9.17) is 29.2 Å². The Kier molecular flexibility index (Phi) is 9.00. The van der Waals surface area contributed by atoms with Crippen molar-refractivity contribution in [2.75, 3.05) is 6.61 Å². The highest BCUT2D eigenvalue weighted by Crippen LogP contribution is 2.30. The summed E-state index contributed by atoms with van der Waals surface area (Å²) in [6.07, 6.45) is -5.43. The molecule has 2 rings (SSSR count). The first-order chi connectivity index (χ1) is 15.1. The molecule has 1 saturated heterocycles. The van der Waals surface area contributed by atoms with Gasteiger partial charge in [0.05, 0.1) is 5.56 Å². The molecule has 12 nitrogen and oxygen atoms in total. The van der Waals surface area contributed by atoms with E-state index in [-0.39, 0.29) is 5.56 Å². The molecule has 0 N–H and O–H groups in total. The minimum absolute atomic E-state index is 0.166. The molecule has 1 fully saturated rings. The van der Waals surface area contributed by atoms with Gasteiger partial charge in [-0.2, -0.15) is 0 Å². The zero-order chi connectivity index (χ0) is 23.8. The molecule has 0 saturated carbocycles. The van der Waals surface area contributed by atoms with Crippen molar-refractivity contribution in [2.24, 2.45) is 5.11 Å². The molecule has 13 heteroatoms. The van der Waals surface area contributed by atoms with Crippen LogP contribution in [0.4, 0.5) is 0 Å². The third-order valence-corrected chi connectivity index (χ3v) is 4.69. The van der Waals surface area contributed by atoms with E-state index in [1.54, 1.807) is 12.1 Å². The maximum absolute atomic E-state index is 12.6. The molecule has 0 amide bonds. The molecule has 0 spiro atoms. The van der Waals surface area contributed by atoms with Crippen molar-refractivity contribution in [3.05, 3.63) is 44.7 Å². The van der Waals surface area contributed by atoms with Crippen molar-refractivity contribution in [3.63, 3.8) is 0 Å². The summed E-state index contributed by atoms with van der Waals surface area (Å²) in [6, 6.07) is 4.80. The molecular weight excluding hydrogens is 494 g/mol. The van der Waals surface area contributed by atoms with Crippen molar-refractivity contribution in [3.8, 4) is 0 Å². The van der Waals surface area contributed by atoms with Gasteiger partial charge in [-0.3, -0.25) is 14.4 Å². The van der Waals surface area contributed by atoms with E-state index in [0.717, 1.165) is 25.2 Å². The summed E-state index contributed by atoms with van der Waals surface area (Å²) in [4.78, 5) is 49.9. The second kappa shape index (κ2) is 11.5. The van der Waals surface area contributed by atoms with Crippen molar-refractivity contribution in [1.29, 1.82) is 0 Å². The van der Waals surface area contributed by atoms with Gasteiger partial charge in [0, 0.05) is 30.2 Å². The molecule has 32 heavy (non-hydrogen) atoms. The molecule has 172 valence electrons. The van der Waals surface area contributed by atoms with Crippen molar-refractivity contribution in [1.82, 2.24) is 0 Å². The van der Waals surface area contributed by atoms with Crippen LogP contribution >= 0.6 is 15.9 Å². The Labute approximate surface area is 190 Å². The van der Waals surface area contributed by atoms with Crippen LogP contribution in [0, 0.1) is 0 Å². The molecule has 1 heterocycles. The molecule has 1 aromatic rings. The van der Waals surface area contributed by atoms with Crippen LogP contribution in [0.15, 0.2) is 33.9 Å². The van der Waals surface area contributed by atoms with E-state index >= 15 is 0 Å². The second-order valence-electron chi connectivity index (χ2n) is 6.60. The van der Waals surface area contributed by atoms with Crippen LogP contribution in [0.1, 0.15) is 31.1 Å². The third-order valence-electron chi connectivity index (χ3n) is 4.16. The largest absolute Gasteiger partial charge is 0.463 e. The topological polar surface area (TPSA) is 163 Å². The quantitative estimate of drug-likeness (QED) is 0.175. The molecule has 0 aromatic heterocycles. The highest BCUT2D eigenvalue weighted by atomic mass is 79.9. The normalized spacial score (nSPS) is 24.4. The lowest BCUT2D eigenvalue weighted by Crippen LogP contribution is -2.61. The highest BCUT2D eigenvalue weighted by molar-refractivity contribution is 9.10. The smallest absolute Gasteiger partial charge is 0.340 e. The number of carbonyl (C=O) groups excluding carboxylic acids is 4. The number of hydrogen-bond acceptors (Lipinski definition) is 10. The number of carbonyl (C=O) groups is 4. The van der Waals surface area contributed by atoms with E-state index in [2.05, 4.69) is 26.0 Å². The number of hydrogen-bond donors (Lipinski definition) is 0. The van der Waals surface area contributed by atoms with Crippen LogP contribution in [0.3, 0.4) is 0 Å². The Morgan fingerprint density at radius 1 is 1.00 bits per heavy atom. The van der Waals surface area contributed by atoms with E-state index in [1.165, 1.54) is 12.1 Å². The summed E-state index contributed by atoms with van der Waals surface area (Å²) in [5, 5.41) is 3.54. The monoisotopic (exact) mass is 513 g/mol. The predicted molar refractivity (Wildman–Crippen MR) is 109 cm³/mol. The minimum Gasteiger partial charge on any atom is -0.463 e. The number of halogens is 1. The lowest BCUT2D eigenvalue weighted by Gasteiger charge is -2.42. The zero-order valence-electron chi connectivity index (χ0n) is 17.3.